The summed E-state index contributed by atoms with van der Waals surface area (Å²) in [5, 5.41) is 3.32. The lowest BCUT2D eigenvalue weighted by Crippen LogP contribution is -2.54. The summed E-state index contributed by atoms with van der Waals surface area (Å²) in [7, 11) is -3.61. The third kappa shape index (κ3) is 4.48. The predicted molar refractivity (Wildman–Crippen MR) is 112 cm³/mol. The van der Waals surface area contributed by atoms with Gasteiger partial charge in [-0.1, -0.05) is 23.7 Å². The topological polar surface area (TPSA) is 88.2 Å². The second-order valence-electron chi connectivity index (χ2n) is 7.03. The number of hydrogen-bond donors (Lipinski definition) is 1. The van der Waals surface area contributed by atoms with Gasteiger partial charge in [-0.25, -0.2) is 13.2 Å². The molecule has 2 aliphatic heterocycles. The smallest absolute Gasteiger partial charge is 0.317 e. The van der Waals surface area contributed by atoms with E-state index in [1.54, 1.807) is 17.0 Å². The van der Waals surface area contributed by atoms with Crippen LogP contribution in [0.15, 0.2) is 53.4 Å². The fourth-order valence-electron chi connectivity index (χ4n) is 3.36. The molecule has 0 radical (unpaired) electrons. The highest BCUT2D eigenvalue weighted by Gasteiger charge is 2.30. The quantitative estimate of drug-likeness (QED) is 0.769. The maximum Gasteiger partial charge on any atom is 0.317 e. The van der Waals surface area contributed by atoms with Crippen LogP contribution in [0.3, 0.4) is 0 Å². The van der Waals surface area contributed by atoms with E-state index >= 15 is 0 Å². The van der Waals surface area contributed by atoms with Gasteiger partial charge in [-0.15, -0.1) is 0 Å². The van der Waals surface area contributed by atoms with E-state index < -0.39 is 10.0 Å². The molecule has 0 saturated carbocycles. The lowest BCUT2D eigenvalue weighted by molar-refractivity contribution is 0.0893. The molecular formula is C20H22ClN3O5S. The Kier molecular flexibility index (Phi) is 6.03. The second kappa shape index (κ2) is 8.71. The first-order chi connectivity index (χ1) is 14.4. The number of carbonyl (C=O) groups is 1. The van der Waals surface area contributed by atoms with E-state index in [2.05, 4.69) is 5.32 Å². The van der Waals surface area contributed by atoms with Crippen molar-refractivity contribution in [1.82, 2.24) is 14.5 Å². The number of benzene rings is 2. The van der Waals surface area contributed by atoms with Crippen molar-refractivity contribution in [3.05, 3.63) is 53.6 Å². The minimum Gasteiger partial charge on any atom is -0.486 e. The van der Waals surface area contributed by atoms with Gasteiger partial charge in [0.05, 0.1) is 11.4 Å². The maximum atomic E-state index is 12.7. The van der Waals surface area contributed by atoms with Gasteiger partial charge in [-0.05, 0) is 36.4 Å². The van der Waals surface area contributed by atoms with Crippen LogP contribution in [-0.2, 0) is 10.0 Å². The predicted octanol–water partition coefficient (Wildman–Crippen LogP) is 2.20. The number of sulfonamides is 1. The van der Waals surface area contributed by atoms with E-state index in [1.165, 1.54) is 16.4 Å². The summed E-state index contributed by atoms with van der Waals surface area (Å²) in [6.07, 6.45) is -0.282. The molecule has 0 bridgehead atoms. The van der Waals surface area contributed by atoms with Gasteiger partial charge in [0.2, 0.25) is 10.0 Å². The van der Waals surface area contributed by atoms with Crippen molar-refractivity contribution in [3.8, 4) is 11.5 Å². The Balaban J connectivity index is 1.27. The third-order valence-electron chi connectivity index (χ3n) is 5.03. The summed E-state index contributed by atoms with van der Waals surface area (Å²) in [5.41, 5.74) is 0. The van der Waals surface area contributed by atoms with Crippen LogP contribution in [0.5, 0.6) is 11.5 Å². The number of halogens is 1. The molecule has 1 saturated heterocycles. The number of fused-ring (bicyclic) bond motifs is 1. The van der Waals surface area contributed by atoms with Crippen molar-refractivity contribution in [3.63, 3.8) is 0 Å². The first-order valence-corrected chi connectivity index (χ1v) is 11.4. The van der Waals surface area contributed by atoms with Crippen LogP contribution in [0.2, 0.25) is 5.02 Å². The molecule has 4 rings (SSSR count). The lowest BCUT2D eigenvalue weighted by atomic mass is 10.2. The van der Waals surface area contributed by atoms with E-state index in [0.717, 1.165) is 0 Å². The minimum atomic E-state index is -3.61. The number of urea groups is 1. The van der Waals surface area contributed by atoms with E-state index in [-0.39, 0.29) is 30.1 Å². The number of rotatable bonds is 4. The molecule has 2 aromatic carbocycles. The highest BCUT2D eigenvalue weighted by molar-refractivity contribution is 7.89. The Hall–Kier alpha value is -2.49. The fourth-order valence-corrected chi connectivity index (χ4v) is 4.91. The van der Waals surface area contributed by atoms with Crippen LogP contribution in [-0.4, -0.2) is 69.1 Å². The number of para-hydroxylation sites is 2. The van der Waals surface area contributed by atoms with Gasteiger partial charge < -0.3 is 19.7 Å². The van der Waals surface area contributed by atoms with Gasteiger partial charge >= 0.3 is 6.03 Å². The van der Waals surface area contributed by atoms with Crippen molar-refractivity contribution in [2.75, 3.05) is 39.3 Å². The Morgan fingerprint density at radius 2 is 1.70 bits per heavy atom. The summed E-state index contributed by atoms with van der Waals surface area (Å²) >= 11 is 5.84. The first-order valence-electron chi connectivity index (χ1n) is 9.60. The Morgan fingerprint density at radius 3 is 2.40 bits per heavy atom. The average Bonchev–Trinajstić information content (AvgIpc) is 2.77. The molecule has 1 atom stereocenters. The summed E-state index contributed by atoms with van der Waals surface area (Å²) in [4.78, 5) is 14.3. The van der Waals surface area contributed by atoms with Gasteiger partial charge in [-0.3, -0.25) is 0 Å². The van der Waals surface area contributed by atoms with Crippen LogP contribution >= 0.6 is 11.6 Å². The van der Waals surface area contributed by atoms with Crippen molar-refractivity contribution in [1.29, 1.82) is 0 Å². The van der Waals surface area contributed by atoms with Crippen molar-refractivity contribution < 1.29 is 22.7 Å². The van der Waals surface area contributed by atoms with E-state index in [9.17, 15) is 13.2 Å². The largest absolute Gasteiger partial charge is 0.486 e. The number of nitrogens with one attached hydrogen (secondary N) is 1. The van der Waals surface area contributed by atoms with Gasteiger partial charge in [0.25, 0.3) is 0 Å². The van der Waals surface area contributed by atoms with Crippen LogP contribution in [0.25, 0.3) is 0 Å². The standard InChI is InChI=1S/C20H22ClN3O5S/c21-15-5-7-17(8-6-15)30(26,27)24-11-9-23(10-12-24)20(25)22-13-16-14-28-18-3-1-2-4-19(18)29-16/h1-8,16H,9-14H2,(H,22,25). The molecule has 30 heavy (non-hydrogen) atoms. The number of carbonyl (C=O) groups excluding carboxylic acids is 1. The SMILES string of the molecule is O=C(NCC1COc2ccccc2O1)N1CCN(S(=O)(=O)c2ccc(Cl)cc2)CC1. The van der Waals surface area contributed by atoms with Gasteiger partial charge in [0, 0.05) is 31.2 Å². The molecule has 0 aliphatic carbocycles. The molecule has 10 heteroatoms. The number of piperazine rings is 1. The molecule has 1 fully saturated rings. The summed E-state index contributed by atoms with van der Waals surface area (Å²) in [6.45, 7) is 1.73. The summed E-state index contributed by atoms with van der Waals surface area (Å²) in [6, 6.07) is 13.2. The van der Waals surface area contributed by atoms with Gasteiger partial charge in [-0.2, -0.15) is 4.31 Å². The highest BCUT2D eigenvalue weighted by atomic mass is 35.5. The van der Waals surface area contributed by atoms with E-state index in [4.69, 9.17) is 21.1 Å². The molecule has 1 N–H and O–H groups in total. The fraction of sp³-hybridized carbons (Fsp3) is 0.350. The van der Waals surface area contributed by atoms with Crippen molar-refractivity contribution >= 4 is 27.7 Å². The molecule has 2 aliphatic rings. The Bertz CT molecular complexity index is 1010. The number of hydrogen-bond acceptors (Lipinski definition) is 5. The molecule has 2 aromatic rings. The van der Waals surface area contributed by atoms with Gasteiger partial charge in [0.1, 0.15) is 6.61 Å². The molecule has 8 nitrogen and oxygen atoms in total. The minimum absolute atomic E-state index is 0.194. The molecule has 0 aromatic heterocycles. The zero-order valence-corrected chi connectivity index (χ0v) is 17.7. The lowest BCUT2D eigenvalue weighted by Gasteiger charge is -2.34. The van der Waals surface area contributed by atoms with Crippen LogP contribution in [0.4, 0.5) is 4.79 Å². The Labute approximate surface area is 180 Å². The molecular weight excluding hydrogens is 430 g/mol. The normalized spacial score (nSPS) is 19.4. The van der Waals surface area contributed by atoms with Crippen LogP contribution in [0, 0.1) is 0 Å². The molecule has 0 spiro atoms. The average molecular weight is 452 g/mol. The molecule has 160 valence electrons. The summed E-state index contributed by atoms with van der Waals surface area (Å²) < 4.78 is 38.3. The second-order valence-corrected chi connectivity index (χ2v) is 9.40. The highest BCUT2D eigenvalue weighted by Crippen LogP contribution is 2.30. The number of nitrogens with zero attached hydrogens (tertiary/aromatic N) is 2. The zero-order valence-electron chi connectivity index (χ0n) is 16.2. The zero-order chi connectivity index (χ0) is 21.1. The number of amides is 2. The van der Waals surface area contributed by atoms with Crippen LogP contribution < -0.4 is 14.8 Å². The van der Waals surface area contributed by atoms with Crippen LogP contribution in [0.1, 0.15) is 0 Å². The van der Waals surface area contributed by atoms with E-state index in [1.807, 2.05) is 24.3 Å². The molecule has 2 amide bonds. The monoisotopic (exact) mass is 451 g/mol. The number of ether oxygens (including phenoxy) is 2. The Morgan fingerprint density at radius 1 is 1.03 bits per heavy atom. The van der Waals surface area contributed by atoms with Gasteiger partial charge in [0.15, 0.2) is 17.6 Å². The van der Waals surface area contributed by atoms with E-state index in [0.29, 0.717) is 42.8 Å². The van der Waals surface area contributed by atoms with Crippen molar-refractivity contribution in [2.45, 2.75) is 11.0 Å². The summed E-state index contributed by atoms with van der Waals surface area (Å²) in [5.74, 6) is 1.35. The molecule has 2 heterocycles. The first kappa shape index (κ1) is 20.8. The maximum absolute atomic E-state index is 12.7. The van der Waals surface area contributed by atoms with Crippen molar-refractivity contribution in [2.24, 2.45) is 0 Å². The third-order valence-corrected chi connectivity index (χ3v) is 7.19. The molecule has 1 unspecified atom stereocenters.